The summed E-state index contributed by atoms with van der Waals surface area (Å²) in [6.45, 7) is 2.32. The number of hydrogen-bond donors (Lipinski definition) is 0. The van der Waals surface area contributed by atoms with E-state index in [2.05, 4.69) is 0 Å². The first-order valence-electron chi connectivity index (χ1n) is 9.73. The van der Waals surface area contributed by atoms with Gasteiger partial charge in [-0.25, -0.2) is 13.6 Å². The summed E-state index contributed by atoms with van der Waals surface area (Å²) in [7, 11) is 1.34. The number of halogens is 2. The highest BCUT2D eigenvalue weighted by molar-refractivity contribution is 5.89. The summed E-state index contributed by atoms with van der Waals surface area (Å²) in [5, 5.41) is 4.78. The van der Waals surface area contributed by atoms with Crippen molar-refractivity contribution in [2.24, 2.45) is 0 Å². The molecule has 0 N–H and O–H groups in total. The summed E-state index contributed by atoms with van der Waals surface area (Å²) in [5.74, 6) is -1.06. The zero-order chi connectivity index (χ0) is 22.0. The van der Waals surface area contributed by atoms with Gasteiger partial charge in [-0.15, -0.1) is 0 Å². The molecule has 1 aromatic heterocycles. The summed E-state index contributed by atoms with van der Waals surface area (Å²) in [6, 6.07) is 19.5. The molecule has 0 saturated heterocycles. The van der Waals surface area contributed by atoms with Crippen molar-refractivity contribution in [3.8, 4) is 22.5 Å². The van der Waals surface area contributed by atoms with Crippen molar-refractivity contribution in [3.05, 3.63) is 101 Å². The Morgan fingerprint density at radius 1 is 0.935 bits per heavy atom. The van der Waals surface area contributed by atoms with E-state index < -0.39 is 5.97 Å². The molecule has 0 fully saturated rings. The van der Waals surface area contributed by atoms with E-state index in [-0.39, 0.29) is 11.6 Å². The molecule has 4 rings (SSSR count). The third-order valence-corrected chi connectivity index (χ3v) is 5.10. The molecule has 156 valence electrons. The molecule has 0 atom stereocenters. The van der Waals surface area contributed by atoms with Crippen LogP contribution in [0.2, 0.25) is 0 Å². The van der Waals surface area contributed by atoms with Gasteiger partial charge in [-0.2, -0.15) is 5.10 Å². The molecule has 0 radical (unpaired) electrons. The van der Waals surface area contributed by atoms with E-state index in [1.807, 2.05) is 17.7 Å². The highest BCUT2D eigenvalue weighted by Gasteiger charge is 2.18. The summed E-state index contributed by atoms with van der Waals surface area (Å²) >= 11 is 0. The molecule has 0 bridgehead atoms. The van der Waals surface area contributed by atoms with Crippen molar-refractivity contribution in [2.45, 2.75) is 13.5 Å². The zero-order valence-corrected chi connectivity index (χ0v) is 17.1. The van der Waals surface area contributed by atoms with Crippen molar-refractivity contribution >= 4 is 5.97 Å². The van der Waals surface area contributed by atoms with Crippen LogP contribution in [0, 0.1) is 18.6 Å². The Morgan fingerprint density at radius 3 is 2.16 bits per heavy atom. The summed E-state index contributed by atoms with van der Waals surface area (Å²) in [5.41, 5.74) is 5.33. The summed E-state index contributed by atoms with van der Waals surface area (Å²) in [6.07, 6.45) is 0. The van der Waals surface area contributed by atoms with Crippen LogP contribution in [0.5, 0.6) is 0 Å². The van der Waals surface area contributed by atoms with Gasteiger partial charge >= 0.3 is 5.97 Å². The fraction of sp³-hybridized carbons (Fsp3) is 0.120. The van der Waals surface area contributed by atoms with Crippen molar-refractivity contribution in [2.75, 3.05) is 7.11 Å². The van der Waals surface area contributed by atoms with E-state index in [4.69, 9.17) is 9.84 Å². The number of carbonyl (C=O) groups excluding carboxylic acids is 1. The molecule has 0 spiro atoms. The Balaban J connectivity index is 1.82. The molecule has 0 amide bonds. The molecule has 4 aromatic rings. The van der Waals surface area contributed by atoms with E-state index in [0.29, 0.717) is 17.8 Å². The van der Waals surface area contributed by atoms with Crippen LogP contribution in [-0.4, -0.2) is 22.9 Å². The van der Waals surface area contributed by atoms with Gasteiger partial charge in [-0.3, -0.25) is 4.68 Å². The number of esters is 1. The van der Waals surface area contributed by atoms with Gasteiger partial charge in [0.1, 0.15) is 11.6 Å². The van der Waals surface area contributed by atoms with Crippen LogP contribution in [0.1, 0.15) is 21.5 Å². The average Bonchev–Trinajstić information content (AvgIpc) is 3.10. The molecule has 3 aromatic carbocycles. The van der Waals surface area contributed by atoms with Crippen molar-refractivity contribution in [3.63, 3.8) is 0 Å². The standard InChI is InChI=1S/C25H20F2N2O2/c1-16-23(18-6-10-21(26)11-7-18)28-29(24(16)19-8-12-22(27)13-9-19)15-17-4-3-5-20(14-17)25(30)31-2/h3-14H,15H2,1-2H3. The molecule has 0 aliphatic heterocycles. The summed E-state index contributed by atoms with van der Waals surface area (Å²) < 4.78 is 33.5. The highest BCUT2D eigenvalue weighted by Crippen LogP contribution is 2.32. The molecule has 4 nitrogen and oxygen atoms in total. The Hall–Kier alpha value is -3.80. The fourth-order valence-corrected chi connectivity index (χ4v) is 3.61. The number of ether oxygens (including phenoxy) is 1. The number of methoxy groups -OCH3 is 1. The lowest BCUT2D eigenvalue weighted by molar-refractivity contribution is 0.0600. The zero-order valence-electron chi connectivity index (χ0n) is 17.1. The Labute approximate surface area is 178 Å². The predicted octanol–water partition coefficient (Wildman–Crippen LogP) is 5.64. The highest BCUT2D eigenvalue weighted by atomic mass is 19.1. The van der Waals surface area contributed by atoms with Crippen LogP contribution in [0.15, 0.2) is 72.8 Å². The first-order chi connectivity index (χ1) is 15.0. The van der Waals surface area contributed by atoms with Gasteiger partial charge in [-0.05, 0) is 73.2 Å². The molecule has 1 heterocycles. The molecule has 0 saturated carbocycles. The van der Waals surface area contributed by atoms with Gasteiger partial charge in [0.2, 0.25) is 0 Å². The topological polar surface area (TPSA) is 44.1 Å². The second kappa shape index (κ2) is 8.52. The first kappa shape index (κ1) is 20.5. The number of benzene rings is 3. The lowest BCUT2D eigenvalue weighted by Crippen LogP contribution is -2.07. The quantitative estimate of drug-likeness (QED) is 0.394. The Kier molecular flexibility index (Phi) is 5.62. The predicted molar refractivity (Wildman–Crippen MR) is 115 cm³/mol. The third-order valence-electron chi connectivity index (χ3n) is 5.10. The van der Waals surface area contributed by atoms with Crippen LogP contribution in [0.3, 0.4) is 0 Å². The second-order valence-corrected chi connectivity index (χ2v) is 7.19. The number of hydrogen-bond acceptors (Lipinski definition) is 3. The number of aromatic nitrogens is 2. The van der Waals surface area contributed by atoms with Crippen LogP contribution >= 0.6 is 0 Å². The maximum atomic E-state index is 13.5. The normalized spacial score (nSPS) is 10.8. The lowest BCUT2D eigenvalue weighted by Gasteiger charge is -2.10. The summed E-state index contributed by atoms with van der Waals surface area (Å²) in [4.78, 5) is 11.9. The number of carbonyl (C=O) groups is 1. The van der Waals surface area contributed by atoms with E-state index in [1.165, 1.54) is 31.4 Å². The molecule has 0 aliphatic carbocycles. The molecular weight excluding hydrogens is 398 g/mol. The monoisotopic (exact) mass is 418 g/mol. The van der Waals surface area contributed by atoms with Crippen LogP contribution in [0.25, 0.3) is 22.5 Å². The SMILES string of the molecule is COC(=O)c1cccc(Cn2nc(-c3ccc(F)cc3)c(C)c2-c2ccc(F)cc2)c1. The smallest absolute Gasteiger partial charge is 0.337 e. The van der Waals surface area contributed by atoms with Gasteiger partial charge in [0.05, 0.1) is 30.6 Å². The van der Waals surface area contributed by atoms with E-state index in [0.717, 1.165) is 27.9 Å². The first-order valence-corrected chi connectivity index (χ1v) is 9.73. The van der Waals surface area contributed by atoms with Gasteiger partial charge in [0.25, 0.3) is 0 Å². The minimum atomic E-state index is -0.413. The largest absolute Gasteiger partial charge is 0.465 e. The van der Waals surface area contributed by atoms with Crippen molar-refractivity contribution in [1.29, 1.82) is 0 Å². The third kappa shape index (κ3) is 4.23. The maximum absolute atomic E-state index is 13.5. The maximum Gasteiger partial charge on any atom is 0.337 e. The lowest BCUT2D eigenvalue weighted by atomic mass is 10.0. The van der Waals surface area contributed by atoms with Crippen molar-refractivity contribution < 1.29 is 18.3 Å². The van der Waals surface area contributed by atoms with E-state index in [1.54, 1.807) is 42.5 Å². The van der Waals surface area contributed by atoms with E-state index in [9.17, 15) is 13.6 Å². The van der Waals surface area contributed by atoms with Gasteiger partial charge in [0.15, 0.2) is 0 Å². The molecule has 0 aliphatic rings. The van der Waals surface area contributed by atoms with Gasteiger partial charge in [-0.1, -0.05) is 12.1 Å². The van der Waals surface area contributed by atoms with Crippen molar-refractivity contribution in [1.82, 2.24) is 9.78 Å². The number of rotatable bonds is 5. The van der Waals surface area contributed by atoms with Crippen LogP contribution in [-0.2, 0) is 11.3 Å². The van der Waals surface area contributed by atoms with Crippen LogP contribution in [0.4, 0.5) is 8.78 Å². The van der Waals surface area contributed by atoms with E-state index >= 15 is 0 Å². The second-order valence-electron chi connectivity index (χ2n) is 7.19. The fourth-order valence-electron chi connectivity index (χ4n) is 3.61. The molecule has 6 heteroatoms. The molecule has 0 unspecified atom stereocenters. The van der Waals surface area contributed by atoms with Gasteiger partial charge in [0, 0.05) is 16.7 Å². The Morgan fingerprint density at radius 2 is 1.55 bits per heavy atom. The van der Waals surface area contributed by atoms with Crippen LogP contribution < -0.4 is 0 Å². The number of nitrogens with zero attached hydrogens (tertiary/aromatic N) is 2. The minimum absolute atomic E-state index is 0.320. The average molecular weight is 418 g/mol. The molecular formula is C25H20F2N2O2. The van der Waals surface area contributed by atoms with Gasteiger partial charge < -0.3 is 4.74 Å². The minimum Gasteiger partial charge on any atom is -0.465 e. The molecule has 31 heavy (non-hydrogen) atoms. The Bertz CT molecular complexity index is 1230.